The fourth-order valence-electron chi connectivity index (χ4n) is 1.90. The molecule has 5 nitrogen and oxygen atoms in total. The van der Waals surface area contributed by atoms with Gasteiger partial charge in [-0.3, -0.25) is 0 Å². The van der Waals surface area contributed by atoms with Crippen molar-refractivity contribution in [3.63, 3.8) is 0 Å². The van der Waals surface area contributed by atoms with E-state index in [1.807, 2.05) is 19.1 Å². The van der Waals surface area contributed by atoms with Crippen molar-refractivity contribution >= 4 is 29.9 Å². The summed E-state index contributed by atoms with van der Waals surface area (Å²) in [5.41, 5.74) is 0. The number of nitrogens with one attached hydrogen (secondary N) is 2. The van der Waals surface area contributed by atoms with Crippen LogP contribution in [0.5, 0.6) is 5.75 Å². The lowest BCUT2D eigenvalue weighted by Crippen LogP contribution is -2.38. The molecule has 0 unspecified atom stereocenters. The van der Waals surface area contributed by atoms with Gasteiger partial charge in [0.25, 0.3) is 0 Å². The van der Waals surface area contributed by atoms with E-state index in [9.17, 15) is 4.39 Å². The molecule has 2 aromatic rings. The smallest absolute Gasteiger partial charge is 0.191 e. The van der Waals surface area contributed by atoms with Gasteiger partial charge in [-0.2, -0.15) is 0 Å². The van der Waals surface area contributed by atoms with Gasteiger partial charge in [-0.15, -0.1) is 24.0 Å². The maximum Gasteiger partial charge on any atom is 0.191 e. The van der Waals surface area contributed by atoms with Gasteiger partial charge >= 0.3 is 0 Å². The van der Waals surface area contributed by atoms with Crippen molar-refractivity contribution < 1.29 is 13.5 Å². The van der Waals surface area contributed by atoms with Crippen LogP contribution in [0.15, 0.2) is 52.1 Å². The third kappa shape index (κ3) is 7.67. The van der Waals surface area contributed by atoms with Gasteiger partial charge in [0.05, 0.1) is 12.9 Å². The Balaban J connectivity index is 0.00000288. The Morgan fingerprint density at radius 1 is 1.21 bits per heavy atom. The van der Waals surface area contributed by atoms with E-state index in [2.05, 4.69) is 15.6 Å². The molecule has 2 rings (SSSR count). The summed E-state index contributed by atoms with van der Waals surface area (Å²) in [6.07, 6.45) is 2.44. The summed E-state index contributed by atoms with van der Waals surface area (Å²) in [6, 6.07) is 9.76. The number of aliphatic imine (C=N–C) groups is 1. The fraction of sp³-hybridized carbons (Fsp3) is 0.353. The topological polar surface area (TPSA) is 58.8 Å². The minimum absolute atomic E-state index is 0. The van der Waals surface area contributed by atoms with Gasteiger partial charge in [-0.25, -0.2) is 9.38 Å². The third-order valence-corrected chi connectivity index (χ3v) is 3.01. The Kier molecular flexibility index (Phi) is 9.90. The molecule has 0 saturated heterocycles. The number of halogens is 2. The van der Waals surface area contributed by atoms with Crippen LogP contribution in [0, 0.1) is 5.82 Å². The second-order valence-electron chi connectivity index (χ2n) is 4.86. The number of rotatable bonds is 8. The first kappa shape index (κ1) is 20.3. The zero-order valence-corrected chi connectivity index (χ0v) is 16.0. The Labute approximate surface area is 158 Å². The van der Waals surface area contributed by atoms with Crippen molar-refractivity contribution in [2.75, 3.05) is 19.7 Å². The zero-order chi connectivity index (χ0) is 16.3. The monoisotopic (exact) mass is 447 g/mol. The van der Waals surface area contributed by atoms with Crippen LogP contribution in [-0.4, -0.2) is 25.7 Å². The van der Waals surface area contributed by atoms with E-state index in [1.165, 1.54) is 12.1 Å². The normalized spacial score (nSPS) is 10.8. The molecule has 0 bridgehead atoms. The molecule has 0 fully saturated rings. The van der Waals surface area contributed by atoms with Crippen LogP contribution < -0.4 is 15.4 Å². The Bertz CT molecular complexity index is 588. The van der Waals surface area contributed by atoms with E-state index in [0.717, 1.165) is 31.2 Å². The van der Waals surface area contributed by atoms with Crippen LogP contribution in [-0.2, 0) is 6.54 Å². The van der Waals surface area contributed by atoms with Crippen molar-refractivity contribution in [2.24, 2.45) is 4.99 Å². The molecule has 1 aromatic carbocycles. The van der Waals surface area contributed by atoms with Crippen molar-refractivity contribution in [2.45, 2.75) is 19.9 Å². The quantitative estimate of drug-likeness (QED) is 0.281. The zero-order valence-electron chi connectivity index (χ0n) is 13.6. The molecule has 0 aliphatic rings. The highest BCUT2D eigenvalue weighted by Crippen LogP contribution is 2.10. The lowest BCUT2D eigenvalue weighted by Gasteiger charge is -2.11. The standard InChI is InChI=1S/C17H22FN3O2.HI/c1-2-19-17(21-13-16-5-3-11-23-16)20-10-4-12-22-15-8-6-14(18)7-9-15;/h3,5-9,11H,2,4,10,12-13H2,1H3,(H2,19,20,21);1H. The number of furan rings is 1. The van der Waals surface area contributed by atoms with Gasteiger partial charge < -0.3 is 19.8 Å². The van der Waals surface area contributed by atoms with Crippen LogP contribution in [0.4, 0.5) is 4.39 Å². The molecule has 0 saturated carbocycles. The minimum Gasteiger partial charge on any atom is -0.494 e. The highest BCUT2D eigenvalue weighted by molar-refractivity contribution is 14.0. The van der Waals surface area contributed by atoms with Gasteiger partial charge in [-0.05, 0) is 49.7 Å². The molecule has 0 aliphatic carbocycles. The van der Waals surface area contributed by atoms with Crippen LogP contribution in [0.2, 0.25) is 0 Å². The number of hydrogen-bond donors (Lipinski definition) is 2. The van der Waals surface area contributed by atoms with Crippen molar-refractivity contribution in [3.8, 4) is 5.75 Å². The van der Waals surface area contributed by atoms with Gasteiger partial charge in [0.1, 0.15) is 23.9 Å². The molecule has 1 aromatic heterocycles. The average Bonchev–Trinajstić information content (AvgIpc) is 3.07. The van der Waals surface area contributed by atoms with Crippen molar-refractivity contribution in [1.82, 2.24) is 10.6 Å². The van der Waals surface area contributed by atoms with Gasteiger partial charge in [0.15, 0.2) is 5.96 Å². The maximum absolute atomic E-state index is 12.8. The summed E-state index contributed by atoms with van der Waals surface area (Å²) in [5.74, 6) is 1.97. The molecule has 7 heteroatoms. The Morgan fingerprint density at radius 2 is 2.00 bits per heavy atom. The lowest BCUT2D eigenvalue weighted by atomic mass is 10.3. The number of guanidine groups is 1. The molecular formula is C17H23FIN3O2. The molecule has 132 valence electrons. The van der Waals surface area contributed by atoms with E-state index in [1.54, 1.807) is 18.4 Å². The molecule has 0 spiro atoms. The molecule has 0 radical (unpaired) electrons. The van der Waals surface area contributed by atoms with Gasteiger partial charge in [0.2, 0.25) is 0 Å². The van der Waals surface area contributed by atoms with Crippen LogP contribution >= 0.6 is 24.0 Å². The largest absolute Gasteiger partial charge is 0.494 e. The SMILES string of the molecule is CCNC(=NCc1ccco1)NCCCOc1ccc(F)cc1.I. The van der Waals surface area contributed by atoms with Crippen molar-refractivity contribution in [3.05, 3.63) is 54.2 Å². The molecular weight excluding hydrogens is 424 g/mol. The van der Waals surface area contributed by atoms with Crippen LogP contribution in [0.25, 0.3) is 0 Å². The Morgan fingerprint density at radius 3 is 2.67 bits per heavy atom. The second kappa shape index (κ2) is 11.7. The maximum atomic E-state index is 12.8. The summed E-state index contributed by atoms with van der Waals surface area (Å²) in [4.78, 5) is 4.44. The van der Waals surface area contributed by atoms with Crippen LogP contribution in [0.3, 0.4) is 0 Å². The number of hydrogen-bond acceptors (Lipinski definition) is 3. The predicted octanol–water partition coefficient (Wildman–Crippen LogP) is 3.56. The van der Waals surface area contributed by atoms with Crippen molar-refractivity contribution in [1.29, 1.82) is 0 Å². The number of nitrogens with zero attached hydrogens (tertiary/aromatic N) is 1. The number of benzene rings is 1. The molecule has 0 atom stereocenters. The first-order chi connectivity index (χ1) is 11.3. The minimum atomic E-state index is -0.262. The Hall–Kier alpha value is -1.77. The van der Waals surface area contributed by atoms with E-state index in [-0.39, 0.29) is 29.8 Å². The molecule has 1 heterocycles. The third-order valence-electron chi connectivity index (χ3n) is 3.01. The predicted molar refractivity (Wildman–Crippen MR) is 103 cm³/mol. The summed E-state index contributed by atoms with van der Waals surface area (Å²) >= 11 is 0. The average molecular weight is 447 g/mol. The summed E-state index contributed by atoms with van der Waals surface area (Å²) in [7, 11) is 0. The highest BCUT2D eigenvalue weighted by atomic mass is 127. The molecule has 0 amide bonds. The summed E-state index contributed by atoms with van der Waals surface area (Å²) in [5, 5.41) is 6.41. The van der Waals surface area contributed by atoms with E-state index < -0.39 is 0 Å². The summed E-state index contributed by atoms with van der Waals surface area (Å²) in [6.45, 7) is 4.58. The molecule has 0 aliphatic heterocycles. The van der Waals surface area contributed by atoms with E-state index >= 15 is 0 Å². The van der Waals surface area contributed by atoms with Gasteiger partial charge in [0, 0.05) is 13.1 Å². The van der Waals surface area contributed by atoms with E-state index in [0.29, 0.717) is 18.9 Å². The molecule has 2 N–H and O–H groups in total. The van der Waals surface area contributed by atoms with Gasteiger partial charge in [-0.1, -0.05) is 0 Å². The number of ether oxygens (including phenoxy) is 1. The lowest BCUT2D eigenvalue weighted by molar-refractivity contribution is 0.310. The fourth-order valence-corrected chi connectivity index (χ4v) is 1.90. The summed E-state index contributed by atoms with van der Waals surface area (Å²) < 4.78 is 23.6. The highest BCUT2D eigenvalue weighted by Gasteiger charge is 1.99. The second-order valence-corrected chi connectivity index (χ2v) is 4.86. The van der Waals surface area contributed by atoms with Crippen LogP contribution in [0.1, 0.15) is 19.1 Å². The first-order valence-electron chi connectivity index (χ1n) is 7.71. The first-order valence-corrected chi connectivity index (χ1v) is 7.71. The molecule has 24 heavy (non-hydrogen) atoms. The van der Waals surface area contributed by atoms with E-state index in [4.69, 9.17) is 9.15 Å².